The molecule has 0 heterocycles. The molecule has 2 rings (SSSR count). The van der Waals surface area contributed by atoms with Gasteiger partial charge in [-0.1, -0.05) is 0 Å². The first-order valence-corrected chi connectivity index (χ1v) is 11.3. The smallest absolute Gasteiger partial charge is 1.00 e. The van der Waals surface area contributed by atoms with Gasteiger partial charge in [-0.3, -0.25) is 0 Å². The first-order chi connectivity index (χ1) is 8.42. The molecule has 2 heteroatoms. The summed E-state index contributed by atoms with van der Waals surface area (Å²) in [6.07, 6.45) is 2.68. The summed E-state index contributed by atoms with van der Waals surface area (Å²) in [6.45, 7) is 2.29. The van der Waals surface area contributed by atoms with Gasteiger partial charge in [-0.2, -0.15) is 0 Å². The maximum atomic E-state index is 2.33. The molecule has 0 aliphatic carbocycles. The molecule has 0 fully saturated rings. The van der Waals surface area contributed by atoms with E-state index in [4.69, 9.17) is 0 Å². The SMILES string of the molecule is CCC[CH2][Sn+]([c]1ccccc1)[c]1ccccc1.[Cl-]. The van der Waals surface area contributed by atoms with Crippen molar-refractivity contribution in [3.63, 3.8) is 0 Å². The van der Waals surface area contributed by atoms with Crippen LogP contribution in [0.5, 0.6) is 0 Å². The van der Waals surface area contributed by atoms with Crippen LogP contribution in [0.15, 0.2) is 60.7 Å². The van der Waals surface area contributed by atoms with Crippen molar-refractivity contribution in [2.45, 2.75) is 24.2 Å². The van der Waals surface area contributed by atoms with Crippen molar-refractivity contribution in [2.75, 3.05) is 0 Å². The third-order valence-electron chi connectivity index (χ3n) is 3.02. The minimum Gasteiger partial charge on any atom is -1.00 e. The molecule has 0 atom stereocenters. The van der Waals surface area contributed by atoms with E-state index in [2.05, 4.69) is 67.6 Å². The van der Waals surface area contributed by atoms with Gasteiger partial charge in [0.1, 0.15) is 0 Å². The normalized spacial score (nSPS) is 9.61. The third-order valence-corrected chi connectivity index (χ3v) is 11.3. The monoisotopic (exact) mass is 366 g/mol. The molecule has 0 aromatic heterocycles. The first-order valence-electron chi connectivity index (χ1n) is 6.38. The van der Waals surface area contributed by atoms with Crippen LogP contribution in [0.25, 0.3) is 0 Å². The van der Waals surface area contributed by atoms with Gasteiger partial charge in [-0.05, 0) is 0 Å². The van der Waals surface area contributed by atoms with Crippen LogP contribution in [0.1, 0.15) is 19.8 Å². The first kappa shape index (κ1) is 15.6. The molecule has 2 aromatic carbocycles. The van der Waals surface area contributed by atoms with Gasteiger partial charge < -0.3 is 12.4 Å². The Labute approximate surface area is 124 Å². The van der Waals surface area contributed by atoms with Gasteiger partial charge in [0, 0.05) is 0 Å². The van der Waals surface area contributed by atoms with Crippen LogP contribution in [0, 0.1) is 0 Å². The van der Waals surface area contributed by atoms with Gasteiger partial charge in [-0.15, -0.1) is 0 Å². The van der Waals surface area contributed by atoms with Crippen LogP contribution in [0.3, 0.4) is 0 Å². The molecule has 0 saturated heterocycles. The fourth-order valence-corrected chi connectivity index (χ4v) is 10.1. The number of unbranched alkanes of at least 4 members (excludes halogenated alkanes) is 1. The molecular formula is C16H19ClSn. The second kappa shape index (κ2) is 8.60. The maximum Gasteiger partial charge on any atom is -1.00 e. The predicted molar refractivity (Wildman–Crippen MR) is 77.6 cm³/mol. The van der Waals surface area contributed by atoms with Crippen LogP contribution in [-0.2, 0) is 0 Å². The summed E-state index contributed by atoms with van der Waals surface area (Å²) in [5, 5.41) is 0. The molecule has 94 valence electrons. The van der Waals surface area contributed by atoms with Crippen LogP contribution in [0.2, 0.25) is 4.44 Å². The molecule has 0 bridgehead atoms. The zero-order valence-corrected chi connectivity index (χ0v) is 14.4. The topological polar surface area (TPSA) is 0 Å². The molecule has 0 radical (unpaired) electrons. The Bertz CT molecular complexity index is 388. The molecule has 0 amide bonds. The van der Waals surface area contributed by atoms with E-state index in [0.29, 0.717) is 0 Å². The molecule has 0 unspecified atom stereocenters. The maximum absolute atomic E-state index is 2.33. The Hall–Kier alpha value is -0.471. The molecule has 0 N–H and O–H groups in total. The van der Waals surface area contributed by atoms with Crippen molar-refractivity contribution in [3.8, 4) is 0 Å². The van der Waals surface area contributed by atoms with Crippen molar-refractivity contribution >= 4 is 26.9 Å². The Kier molecular flexibility index (Phi) is 7.45. The van der Waals surface area contributed by atoms with Gasteiger partial charge in [0.05, 0.1) is 0 Å². The molecule has 2 aromatic rings. The van der Waals surface area contributed by atoms with Gasteiger partial charge in [0.25, 0.3) is 0 Å². The predicted octanol–water partition coefficient (Wildman–Crippen LogP) is 0.0997. The van der Waals surface area contributed by atoms with Crippen molar-refractivity contribution < 1.29 is 12.4 Å². The summed E-state index contributed by atoms with van der Waals surface area (Å²) in [5.41, 5.74) is 0. The number of rotatable bonds is 5. The second-order valence-corrected chi connectivity index (χ2v) is 11.8. The fraction of sp³-hybridized carbons (Fsp3) is 0.250. The Morgan fingerprint density at radius 2 is 1.22 bits per heavy atom. The summed E-state index contributed by atoms with van der Waals surface area (Å²) < 4.78 is 4.70. The third kappa shape index (κ3) is 4.33. The van der Waals surface area contributed by atoms with Gasteiger partial charge in [0.2, 0.25) is 0 Å². The summed E-state index contributed by atoms with van der Waals surface area (Å²) in [4.78, 5) is 0. The molecule has 18 heavy (non-hydrogen) atoms. The van der Waals surface area contributed by atoms with Crippen molar-refractivity contribution in [1.82, 2.24) is 0 Å². The van der Waals surface area contributed by atoms with E-state index in [1.54, 1.807) is 7.16 Å². The number of halogens is 1. The second-order valence-electron chi connectivity index (χ2n) is 4.31. The molecule has 0 nitrogen and oxygen atoms in total. The van der Waals surface area contributed by atoms with E-state index < -0.39 is 19.8 Å². The summed E-state index contributed by atoms with van der Waals surface area (Å²) in [6, 6.07) is 22.3. The molecular weight excluding hydrogens is 346 g/mol. The number of hydrogen-bond acceptors (Lipinski definition) is 0. The molecule has 0 spiro atoms. The molecule has 0 aliphatic rings. The zero-order valence-electron chi connectivity index (χ0n) is 10.8. The van der Waals surface area contributed by atoms with E-state index in [1.807, 2.05) is 0 Å². The Balaban J connectivity index is 0.00000162. The average molecular weight is 365 g/mol. The van der Waals surface area contributed by atoms with Crippen molar-refractivity contribution in [3.05, 3.63) is 60.7 Å². The van der Waals surface area contributed by atoms with Gasteiger partial charge in [-0.25, -0.2) is 0 Å². The van der Waals surface area contributed by atoms with E-state index in [1.165, 1.54) is 17.3 Å². The summed E-state index contributed by atoms with van der Waals surface area (Å²) >= 11 is -1.60. The molecule has 0 saturated carbocycles. The fourth-order valence-electron chi connectivity index (χ4n) is 2.09. The van der Waals surface area contributed by atoms with E-state index >= 15 is 0 Å². The minimum absolute atomic E-state index is 0. The summed E-state index contributed by atoms with van der Waals surface area (Å²) in [5.74, 6) is 0. The van der Waals surface area contributed by atoms with E-state index in [9.17, 15) is 0 Å². The van der Waals surface area contributed by atoms with Crippen LogP contribution >= 0.6 is 0 Å². The number of hydrogen-bond donors (Lipinski definition) is 0. The van der Waals surface area contributed by atoms with Crippen LogP contribution in [0.4, 0.5) is 0 Å². The van der Waals surface area contributed by atoms with Gasteiger partial charge in [0.15, 0.2) is 0 Å². The van der Waals surface area contributed by atoms with Crippen LogP contribution < -0.4 is 19.6 Å². The minimum atomic E-state index is -1.60. The average Bonchev–Trinajstić information content (AvgIpc) is 2.42. The van der Waals surface area contributed by atoms with Crippen molar-refractivity contribution in [2.24, 2.45) is 0 Å². The van der Waals surface area contributed by atoms with E-state index in [-0.39, 0.29) is 12.4 Å². The zero-order chi connectivity index (χ0) is 11.9. The summed E-state index contributed by atoms with van der Waals surface area (Å²) in [7, 11) is 0. The van der Waals surface area contributed by atoms with E-state index in [0.717, 1.165) is 0 Å². The Morgan fingerprint density at radius 1 is 0.778 bits per heavy atom. The Morgan fingerprint density at radius 3 is 1.61 bits per heavy atom. The quantitative estimate of drug-likeness (QED) is 0.660. The largest absolute Gasteiger partial charge is 1.00 e. The van der Waals surface area contributed by atoms with Crippen LogP contribution in [-0.4, -0.2) is 19.8 Å². The molecule has 0 aliphatic heterocycles. The number of benzene rings is 2. The van der Waals surface area contributed by atoms with Crippen molar-refractivity contribution in [1.29, 1.82) is 0 Å². The standard InChI is InChI=1S/2C6H5.C4H9.ClH.Sn/c2*1-2-4-6-5-3-1;1-3-4-2;;/h2*1-5H;1,3-4H2,2H3;1H;/q;;;;+1/p-1. The van der Waals surface area contributed by atoms with Gasteiger partial charge >= 0.3 is 112 Å².